The van der Waals surface area contributed by atoms with Gasteiger partial charge < -0.3 is 20.6 Å². The van der Waals surface area contributed by atoms with Gasteiger partial charge in [-0.25, -0.2) is 9.97 Å². The summed E-state index contributed by atoms with van der Waals surface area (Å²) in [5, 5.41) is 18.8. The van der Waals surface area contributed by atoms with E-state index in [9.17, 15) is 9.59 Å². The van der Waals surface area contributed by atoms with Gasteiger partial charge in [-0.05, 0) is 54.5 Å². The number of pyridine rings is 2. The maximum atomic E-state index is 13.2. The lowest BCUT2D eigenvalue weighted by atomic mass is 9.96. The number of amides is 2. The van der Waals surface area contributed by atoms with Crippen LogP contribution < -0.4 is 15.5 Å². The first kappa shape index (κ1) is 31.8. The number of nitrogens with zero attached hydrogens (tertiary/aromatic N) is 4. The number of aromatic nitrogens is 3. The van der Waals surface area contributed by atoms with E-state index in [1.165, 1.54) is 17.8 Å². The van der Waals surface area contributed by atoms with Crippen LogP contribution in [0.1, 0.15) is 67.8 Å². The van der Waals surface area contributed by atoms with Crippen LogP contribution in [-0.4, -0.2) is 64.1 Å². The Bertz CT molecular complexity index is 1350. The number of rotatable bonds is 8. The number of fused-ring (bicyclic) bond motifs is 1. The number of piperidine rings is 1. The Morgan fingerprint density at radius 3 is 2.44 bits per heavy atom. The van der Waals surface area contributed by atoms with Crippen LogP contribution in [0.25, 0.3) is 16.9 Å². The normalized spacial score (nSPS) is 13.0. The predicted molar refractivity (Wildman–Crippen MR) is 167 cm³/mol. The van der Waals surface area contributed by atoms with E-state index < -0.39 is 0 Å². The first-order chi connectivity index (χ1) is 20.1. The van der Waals surface area contributed by atoms with Crippen molar-refractivity contribution in [2.45, 2.75) is 47.0 Å². The molecule has 1 saturated heterocycles. The van der Waals surface area contributed by atoms with E-state index in [1.807, 2.05) is 55.1 Å². The molecule has 0 radical (unpaired) electrons. The Labute approximate surface area is 246 Å². The van der Waals surface area contributed by atoms with E-state index in [4.69, 9.17) is 10.1 Å². The monoisotopic (exact) mass is 578 g/mol. The molecule has 4 aromatic rings. The smallest absolute Gasteiger partial charge is 0.270 e. The Kier molecular flexibility index (Phi) is 12.8. The van der Waals surface area contributed by atoms with E-state index in [1.54, 1.807) is 22.7 Å². The first-order valence-electron chi connectivity index (χ1n) is 14.4. The molecule has 0 aromatic carbocycles. The number of hydrogen-bond acceptors (Lipinski definition) is 7. The second-order valence-electron chi connectivity index (χ2n) is 9.45. The molecule has 5 heterocycles. The zero-order valence-electron chi connectivity index (χ0n) is 24.5. The standard InChI is InChI=1S/C26H28N6O3S.C3H8.C2H6/c33-14-10-28-26(35)23-22(19-8-15-36-17-19)30-24-20(4-3-11-32(23)24)25(34)29-16-18-6-12-31(13-7-18)21-5-1-2-9-27-21;1-3-2;1-2/h1-5,8-9,11,15,17-18,33H,6-7,10,12-14,16H2,(H,28,35)(H,29,34);3H2,1-2H3;1-2H3. The minimum Gasteiger partial charge on any atom is -0.395 e. The molecular weight excluding hydrogens is 536 g/mol. The summed E-state index contributed by atoms with van der Waals surface area (Å²) in [6.45, 7) is 10.6. The number of thiophene rings is 1. The molecule has 0 unspecified atom stereocenters. The fourth-order valence-corrected chi connectivity index (χ4v) is 5.20. The van der Waals surface area contributed by atoms with Gasteiger partial charge in [0.1, 0.15) is 17.2 Å². The molecule has 1 aliphatic rings. The lowest BCUT2D eigenvalue weighted by Crippen LogP contribution is -2.39. The van der Waals surface area contributed by atoms with Crippen molar-refractivity contribution in [3.63, 3.8) is 0 Å². The maximum absolute atomic E-state index is 13.2. The minimum atomic E-state index is -0.352. The third kappa shape index (κ3) is 8.14. The average molecular weight is 579 g/mol. The molecule has 5 rings (SSSR count). The van der Waals surface area contributed by atoms with Crippen molar-refractivity contribution in [1.29, 1.82) is 0 Å². The Morgan fingerprint density at radius 1 is 1.05 bits per heavy atom. The van der Waals surface area contributed by atoms with Gasteiger partial charge in [-0.1, -0.05) is 40.2 Å². The van der Waals surface area contributed by atoms with Crippen molar-refractivity contribution in [3.05, 3.63) is 70.8 Å². The molecule has 0 atom stereocenters. The molecule has 41 heavy (non-hydrogen) atoms. The van der Waals surface area contributed by atoms with Gasteiger partial charge in [-0.2, -0.15) is 11.3 Å². The zero-order chi connectivity index (χ0) is 29.6. The minimum absolute atomic E-state index is 0.133. The summed E-state index contributed by atoms with van der Waals surface area (Å²) in [6.07, 6.45) is 6.74. The van der Waals surface area contributed by atoms with Crippen LogP contribution in [0.2, 0.25) is 0 Å². The van der Waals surface area contributed by atoms with Crippen LogP contribution in [0.5, 0.6) is 0 Å². The van der Waals surface area contributed by atoms with Crippen molar-refractivity contribution in [1.82, 2.24) is 25.0 Å². The second kappa shape index (κ2) is 16.5. The fraction of sp³-hybridized carbons (Fsp3) is 0.419. The molecule has 0 spiro atoms. The van der Waals surface area contributed by atoms with Crippen molar-refractivity contribution in [2.75, 3.05) is 37.7 Å². The zero-order valence-corrected chi connectivity index (χ0v) is 25.3. The second-order valence-corrected chi connectivity index (χ2v) is 10.2. The molecule has 1 fully saturated rings. The van der Waals surface area contributed by atoms with Gasteiger partial charge in [0.25, 0.3) is 11.8 Å². The highest BCUT2D eigenvalue weighted by Gasteiger charge is 2.25. The Morgan fingerprint density at radius 2 is 1.80 bits per heavy atom. The molecule has 220 valence electrons. The topological polar surface area (TPSA) is 112 Å². The maximum Gasteiger partial charge on any atom is 0.270 e. The number of nitrogens with one attached hydrogen (secondary N) is 2. The van der Waals surface area contributed by atoms with Crippen LogP contribution in [0, 0.1) is 5.92 Å². The summed E-state index contributed by atoms with van der Waals surface area (Å²) in [7, 11) is 0. The summed E-state index contributed by atoms with van der Waals surface area (Å²) in [6, 6.07) is 11.3. The van der Waals surface area contributed by atoms with E-state index in [-0.39, 0.29) is 25.0 Å². The molecule has 4 aromatic heterocycles. The highest BCUT2D eigenvalue weighted by molar-refractivity contribution is 7.08. The van der Waals surface area contributed by atoms with Crippen LogP contribution in [0.4, 0.5) is 5.82 Å². The molecule has 3 N–H and O–H groups in total. The molecule has 9 nitrogen and oxygen atoms in total. The van der Waals surface area contributed by atoms with Crippen LogP contribution in [0.3, 0.4) is 0 Å². The van der Waals surface area contributed by atoms with Gasteiger partial charge in [0.2, 0.25) is 0 Å². The number of aliphatic hydroxyl groups excluding tert-OH is 1. The number of carbonyl (C=O) groups is 2. The first-order valence-corrected chi connectivity index (χ1v) is 15.4. The molecular formula is C31H42N6O3S. The summed E-state index contributed by atoms with van der Waals surface area (Å²) in [4.78, 5) is 37.6. The van der Waals surface area contributed by atoms with Crippen molar-refractivity contribution >= 4 is 34.6 Å². The van der Waals surface area contributed by atoms with Gasteiger partial charge in [0.05, 0.1) is 12.2 Å². The molecule has 0 bridgehead atoms. The van der Waals surface area contributed by atoms with Crippen molar-refractivity contribution in [3.8, 4) is 11.3 Å². The van der Waals surface area contributed by atoms with Crippen LogP contribution >= 0.6 is 11.3 Å². The number of imidazole rings is 1. The third-order valence-electron chi connectivity index (χ3n) is 6.44. The molecule has 2 amide bonds. The highest BCUT2D eigenvalue weighted by atomic mass is 32.1. The van der Waals surface area contributed by atoms with E-state index in [2.05, 4.69) is 34.4 Å². The summed E-state index contributed by atoms with van der Waals surface area (Å²) < 4.78 is 1.65. The fourth-order valence-electron chi connectivity index (χ4n) is 4.55. The summed E-state index contributed by atoms with van der Waals surface area (Å²) in [5.41, 5.74) is 2.50. The SMILES string of the molecule is CC.CCC.O=C(NCC1CCN(c2ccccn2)CC1)c1cccn2c(C(=O)NCCO)c(-c3ccsc3)nc12. The third-order valence-corrected chi connectivity index (χ3v) is 7.12. The van der Waals surface area contributed by atoms with Gasteiger partial charge in [0.15, 0.2) is 5.65 Å². The van der Waals surface area contributed by atoms with Gasteiger partial charge in [-0.15, -0.1) is 0 Å². The molecule has 0 aliphatic carbocycles. The largest absolute Gasteiger partial charge is 0.395 e. The Balaban J connectivity index is 0.000000868. The lowest BCUT2D eigenvalue weighted by Gasteiger charge is -2.32. The average Bonchev–Trinajstić information content (AvgIpc) is 3.69. The van der Waals surface area contributed by atoms with E-state index in [0.29, 0.717) is 35.1 Å². The summed E-state index contributed by atoms with van der Waals surface area (Å²) >= 11 is 1.51. The molecule has 1 aliphatic heterocycles. The number of carbonyl (C=O) groups excluding carboxylic acids is 2. The number of hydrogen-bond donors (Lipinski definition) is 3. The van der Waals surface area contributed by atoms with E-state index >= 15 is 0 Å². The van der Waals surface area contributed by atoms with Crippen molar-refractivity contribution in [2.24, 2.45) is 5.92 Å². The number of aliphatic hydroxyl groups is 1. The van der Waals surface area contributed by atoms with Crippen molar-refractivity contribution < 1.29 is 14.7 Å². The summed E-state index contributed by atoms with van der Waals surface area (Å²) in [5.74, 6) is 0.813. The molecule has 0 saturated carbocycles. The predicted octanol–water partition coefficient (Wildman–Crippen LogP) is 5.27. The molecule has 10 heteroatoms. The number of anilines is 1. The Hall–Kier alpha value is -3.76. The van der Waals surface area contributed by atoms with Gasteiger partial charge >= 0.3 is 0 Å². The highest BCUT2D eigenvalue weighted by Crippen LogP contribution is 2.28. The van der Waals surface area contributed by atoms with E-state index in [0.717, 1.165) is 37.3 Å². The van der Waals surface area contributed by atoms with Crippen LogP contribution in [0.15, 0.2) is 59.6 Å². The van der Waals surface area contributed by atoms with Gasteiger partial charge in [-0.3, -0.25) is 14.0 Å². The lowest BCUT2D eigenvalue weighted by molar-refractivity contribution is 0.0932. The quantitative estimate of drug-likeness (QED) is 0.263. The van der Waals surface area contributed by atoms with Gasteiger partial charge in [0, 0.05) is 49.5 Å². The van der Waals surface area contributed by atoms with Crippen LogP contribution in [-0.2, 0) is 0 Å².